The maximum Gasteiger partial charge on any atom is 0.103 e. The first kappa shape index (κ1) is 13.4. The van der Waals surface area contributed by atoms with Crippen molar-refractivity contribution in [3.63, 3.8) is 0 Å². The van der Waals surface area contributed by atoms with Gasteiger partial charge < -0.3 is 15.2 Å². The van der Waals surface area contributed by atoms with Crippen molar-refractivity contribution >= 4 is 5.69 Å². The molecular weight excluding hydrogens is 218 g/mol. The fourth-order valence-electron chi connectivity index (χ4n) is 1.64. The number of aliphatic hydroxyl groups is 1. The molecule has 5 heteroatoms. The van der Waals surface area contributed by atoms with E-state index in [0.717, 1.165) is 5.69 Å². The third-order valence-corrected chi connectivity index (χ3v) is 2.39. The molecule has 5 nitrogen and oxygen atoms in total. The molecule has 0 bridgehead atoms. The lowest BCUT2D eigenvalue weighted by Gasteiger charge is -2.18. The molecule has 1 aromatic heterocycles. The van der Waals surface area contributed by atoms with Crippen LogP contribution in [0.5, 0.6) is 0 Å². The van der Waals surface area contributed by atoms with E-state index in [4.69, 9.17) is 10.00 Å². The lowest BCUT2D eigenvalue weighted by atomic mass is 10.1. The summed E-state index contributed by atoms with van der Waals surface area (Å²) in [6, 6.07) is 3.68. The van der Waals surface area contributed by atoms with Crippen molar-refractivity contribution in [1.29, 1.82) is 5.26 Å². The van der Waals surface area contributed by atoms with Crippen LogP contribution in [0.2, 0.25) is 0 Å². The number of nitrogens with one attached hydrogen (secondary N) is 1. The third kappa shape index (κ3) is 3.41. The molecule has 0 aliphatic rings. The van der Waals surface area contributed by atoms with Crippen LogP contribution in [0.25, 0.3) is 0 Å². The molecule has 0 aliphatic carbocycles. The molecule has 0 fully saturated rings. The summed E-state index contributed by atoms with van der Waals surface area (Å²) in [5.41, 5.74) is 2.71. The van der Waals surface area contributed by atoms with Gasteiger partial charge in [-0.25, -0.2) is 0 Å². The molecule has 1 aromatic rings. The Bertz CT molecular complexity index is 426. The number of methoxy groups -OCH3 is 1. The Balaban J connectivity index is 3.00. The van der Waals surface area contributed by atoms with E-state index in [1.54, 1.807) is 20.1 Å². The van der Waals surface area contributed by atoms with Crippen molar-refractivity contribution < 1.29 is 9.84 Å². The van der Waals surface area contributed by atoms with Gasteiger partial charge in [0.25, 0.3) is 0 Å². The molecule has 92 valence electrons. The Morgan fingerprint density at radius 2 is 2.29 bits per heavy atom. The molecule has 0 aromatic carbocycles. The van der Waals surface area contributed by atoms with Crippen molar-refractivity contribution in [2.24, 2.45) is 0 Å². The summed E-state index contributed by atoms with van der Waals surface area (Å²) in [7, 11) is 1.57. The lowest BCUT2D eigenvalue weighted by Crippen LogP contribution is -2.29. The topological polar surface area (TPSA) is 78.2 Å². The highest BCUT2D eigenvalue weighted by Crippen LogP contribution is 2.19. The van der Waals surface area contributed by atoms with E-state index in [0.29, 0.717) is 23.6 Å². The highest BCUT2D eigenvalue weighted by atomic mass is 16.5. The molecular formula is C12H17N3O2. The van der Waals surface area contributed by atoms with Gasteiger partial charge in [0, 0.05) is 12.8 Å². The number of ether oxygens (including phenoxy) is 1. The van der Waals surface area contributed by atoms with Crippen LogP contribution < -0.4 is 5.32 Å². The normalized spacial score (nSPS) is 11.9. The minimum Gasteiger partial charge on any atom is -0.394 e. The first-order valence-corrected chi connectivity index (χ1v) is 5.37. The first-order valence-electron chi connectivity index (χ1n) is 5.37. The second kappa shape index (κ2) is 6.18. The van der Waals surface area contributed by atoms with Gasteiger partial charge in [-0.3, -0.25) is 4.98 Å². The summed E-state index contributed by atoms with van der Waals surface area (Å²) in [5.74, 6) is 0. The fourth-order valence-corrected chi connectivity index (χ4v) is 1.64. The number of nitrogens with zero attached hydrogens (tertiary/aromatic N) is 2. The molecule has 0 saturated carbocycles. The molecule has 0 aliphatic heterocycles. The van der Waals surface area contributed by atoms with Gasteiger partial charge in [0.1, 0.15) is 6.07 Å². The Hall–Kier alpha value is -1.64. The number of aliphatic hydroxyl groups excluding tert-OH is 1. The fraction of sp³-hybridized carbons (Fsp3) is 0.500. The average Bonchev–Trinajstić information content (AvgIpc) is 2.28. The Labute approximate surface area is 101 Å². The zero-order chi connectivity index (χ0) is 12.8. The molecule has 0 saturated heterocycles. The van der Waals surface area contributed by atoms with E-state index in [9.17, 15) is 5.11 Å². The number of hydrogen-bond acceptors (Lipinski definition) is 5. The van der Waals surface area contributed by atoms with Crippen LogP contribution in [0.1, 0.15) is 17.0 Å². The summed E-state index contributed by atoms with van der Waals surface area (Å²) < 4.78 is 4.98. The van der Waals surface area contributed by atoms with Gasteiger partial charge in [0.15, 0.2) is 0 Å². The summed E-state index contributed by atoms with van der Waals surface area (Å²) in [6.45, 7) is 3.98. The van der Waals surface area contributed by atoms with E-state index in [1.807, 2.05) is 6.92 Å². The number of aryl methyl sites for hydroxylation is 2. The maximum absolute atomic E-state index is 9.18. The van der Waals surface area contributed by atoms with Gasteiger partial charge >= 0.3 is 0 Å². The number of anilines is 1. The maximum atomic E-state index is 9.18. The van der Waals surface area contributed by atoms with Crippen LogP contribution in [0, 0.1) is 25.2 Å². The molecule has 1 atom stereocenters. The standard InChI is InChI=1S/C12H17N3O2/c1-8-4-12(11(5-13)9(2)14-8)15-10(6-16)7-17-3/h4,10,16H,6-7H2,1-3H3,(H,14,15). The molecule has 0 amide bonds. The Morgan fingerprint density at radius 3 is 2.82 bits per heavy atom. The van der Waals surface area contributed by atoms with Crippen molar-refractivity contribution in [2.75, 3.05) is 25.6 Å². The number of pyridine rings is 1. The minimum absolute atomic E-state index is 0.0564. The van der Waals surface area contributed by atoms with Crippen LogP contribution in [0.4, 0.5) is 5.69 Å². The van der Waals surface area contributed by atoms with E-state index in [1.165, 1.54) is 0 Å². The first-order chi connectivity index (χ1) is 8.12. The second-order valence-electron chi connectivity index (χ2n) is 3.86. The summed E-state index contributed by atoms with van der Waals surface area (Å²) in [4.78, 5) is 4.23. The minimum atomic E-state index is -0.228. The predicted molar refractivity (Wildman–Crippen MR) is 64.8 cm³/mol. The zero-order valence-corrected chi connectivity index (χ0v) is 10.3. The van der Waals surface area contributed by atoms with Crippen molar-refractivity contribution in [3.05, 3.63) is 23.0 Å². The van der Waals surface area contributed by atoms with Gasteiger partial charge in [-0.1, -0.05) is 0 Å². The second-order valence-corrected chi connectivity index (χ2v) is 3.86. The largest absolute Gasteiger partial charge is 0.394 e. The summed E-state index contributed by atoms with van der Waals surface area (Å²) in [6.07, 6.45) is 0. The number of nitriles is 1. The highest BCUT2D eigenvalue weighted by Gasteiger charge is 2.12. The van der Waals surface area contributed by atoms with Crippen molar-refractivity contribution in [3.8, 4) is 6.07 Å². The van der Waals surface area contributed by atoms with Gasteiger partial charge in [-0.2, -0.15) is 5.26 Å². The van der Waals surface area contributed by atoms with Crippen LogP contribution in [-0.2, 0) is 4.74 Å². The quantitative estimate of drug-likeness (QED) is 0.795. The number of hydrogen-bond donors (Lipinski definition) is 2. The van der Waals surface area contributed by atoms with Crippen molar-refractivity contribution in [1.82, 2.24) is 4.98 Å². The van der Waals surface area contributed by atoms with E-state index in [-0.39, 0.29) is 12.6 Å². The van der Waals surface area contributed by atoms with Crippen LogP contribution in [-0.4, -0.2) is 36.5 Å². The SMILES string of the molecule is COCC(CO)Nc1cc(C)nc(C)c1C#N. The third-order valence-electron chi connectivity index (χ3n) is 2.39. The average molecular weight is 235 g/mol. The molecule has 0 spiro atoms. The molecule has 0 radical (unpaired) electrons. The number of rotatable bonds is 5. The van der Waals surface area contributed by atoms with Crippen molar-refractivity contribution in [2.45, 2.75) is 19.9 Å². The van der Waals surface area contributed by atoms with Gasteiger partial charge in [0.05, 0.1) is 36.2 Å². The molecule has 1 rings (SSSR count). The van der Waals surface area contributed by atoms with E-state index >= 15 is 0 Å². The monoisotopic (exact) mass is 235 g/mol. The molecule has 1 heterocycles. The smallest absolute Gasteiger partial charge is 0.103 e. The molecule has 17 heavy (non-hydrogen) atoms. The van der Waals surface area contributed by atoms with Crippen LogP contribution in [0.15, 0.2) is 6.07 Å². The van der Waals surface area contributed by atoms with E-state index in [2.05, 4.69) is 16.4 Å². The number of aromatic nitrogens is 1. The Morgan fingerprint density at radius 1 is 1.59 bits per heavy atom. The lowest BCUT2D eigenvalue weighted by molar-refractivity contribution is 0.153. The van der Waals surface area contributed by atoms with Gasteiger partial charge in [-0.05, 0) is 19.9 Å². The molecule has 2 N–H and O–H groups in total. The Kier molecular flexibility index (Phi) is 4.88. The zero-order valence-electron chi connectivity index (χ0n) is 10.3. The summed E-state index contributed by atoms with van der Waals surface area (Å²) in [5, 5.41) is 21.4. The van der Waals surface area contributed by atoms with E-state index < -0.39 is 0 Å². The van der Waals surface area contributed by atoms with Gasteiger partial charge in [-0.15, -0.1) is 0 Å². The van der Waals surface area contributed by atoms with Crippen LogP contribution >= 0.6 is 0 Å². The van der Waals surface area contributed by atoms with Crippen LogP contribution in [0.3, 0.4) is 0 Å². The predicted octanol–water partition coefficient (Wildman–Crippen LogP) is 0.989. The van der Waals surface area contributed by atoms with Gasteiger partial charge in [0.2, 0.25) is 0 Å². The molecule has 1 unspecified atom stereocenters. The highest BCUT2D eigenvalue weighted by molar-refractivity contribution is 5.60. The summed E-state index contributed by atoms with van der Waals surface area (Å²) >= 11 is 0.